The SMILES string of the molecule is CNc1nc(N)nc(N)c1N=CBr. The van der Waals surface area contributed by atoms with Crippen LogP contribution in [0.2, 0.25) is 0 Å². The Kier molecular flexibility index (Phi) is 3.02. The van der Waals surface area contributed by atoms with Crippen LogP contribution in [0.5, 0.6) is 0 Å². The molecule has 1 aromatic rings. The molecule has 0 radical (unpaired) electrons. The zero-order valence-electron chi connectivity index (χ0n) is 6.95. The molecule has 0 atom stereocenters. The van der Waals surface area contributed by atoms with Crippen molar-refractivity contribution in [2.75, 3.05) is 23.8 Å². The van der Waals surface area contributed by atoms with Gasteiger partial charge >= 0.3 is 0 Å². The molecule has 13 heavy (non-hydrogen) atoms. The van der Waals surface area contributed by atoms with Crippen LogP contribution in [-0.4, -0.2) is 22.1 Å². The van der Waals surface area contributed by atoms with Crippen LogP contribution in [-0.2, 0) is 0 Å². The number of aromatic nitrogens is 2. The number of rotatable bonds is 2. The minimum atomic E-state index is 0.121. The zero-order valence-corrected chi connectivity index (χ0v) is 8.54. The largest absolute Gasteiger partial charge is 0.382 e. The quantitative estimate of drug-likeness (QED) is 0.667. The van der Waals surface area contributed by atoms with Crippen LogP contribution in [0.1, 0.15) is 0 Å². The molecule has 0 fully saturated rings. The molecule has 0 spiro atoms. The Bertz CT molecular complexity index is 336. The number of aliphatic imine (C=N–C) groups is 1. The van der Waals surface area contributed by atoms with E-state index in [2.05, 4.69) is 36.2 Å². The first-order valence-electron chi connectivity index (χ1n) is 3.42. The average molecular weight is 245 g/mol. The van der Waals surface area contributed by atoms with Crippen LogP contribution in [0, 0.1) is 0 Å². The highest BCUT2D eigenvalue weighted by Gasteiger charge is 2.07. The standard InChI is InChI=1S/C6H9BrN6/c1-10-5-3(11-2-7)4(8)12-6(9)13-5/h2H,1H3,(H5,8,9,10,12,13). The second-order valence-corrected chi connectivity index (χ2v) is 2.55. The number of nitrogen functional groups attached to an aromatic ring is 2. The van der Waals surface area contributed by atoms with Gasteiger partial charge in [0.05, 0.1) is 5.12 Å². The maximum absolute atomic E-state index is 5.58. The molecule has 0 unspecified atom stereocenters. The topological polar surface area (TPSA) is 102 Å². The molecule has 5 N–H and O–H groups in total. The van der Waals surface area contributed by atoms with Gasteiger partial charge in [-0.2, -0.15) is 9.97 Å². The van der Waals surface area contributed by atoms with Gasteiger partial charge in [0.25, 0.3) is 0 Å². The van der Waals surface area contributed by atoms with Crippen LogP contribution < -0.4 is 16.8 Å². The first-order chi connectivity index (χ1) is 6.19. The number of anilines is 3. The van der Waals surface area contributed by atoms with E-state index in [1.807, 2.05) is 0 Å². The molecule has 0 aliphatic rings. The summed E-state index contributed by atoms with van der Waals surface area (Å²) in [6.45, 7) is 0. The van der Waals surface area contributed by atoms with E-state index >= 15 is 0 Å². The van der Waals surface area contributed by atoms with E-state index in [1.165, 1.54) is 5.12 Å². The van der Waals surface area contributed by atoms with E-state index in [0.29, 0.717) is 11.5 Å². The van der Waals surface area contributed by atoms with E-state index in [4.69, 9.17) is 11.5 Å². The van der Waals surface area contributed by atoms with E-state index in [1.54, 1.807) is 7.05 Å². The number of nitrogens with one attached hydrogen (secondary N) is 1. The van der Waals surface area contributed by atoms with Crippen molar-refractivity contribution in [3.8, 4) is 0 Å². The minimum Gasteiger partial charge on any atom is -0.382 e. The molecule has 0 aliphatic heterocycles. The molecule has 0 bridgehead atoms. The van der Waals surface area contributed by atoms with Crippen molar-refractivity contribution >= 4 is 44.3 Å². The Morgan fingerprint density at radius 3 is 2.69 bits per heavy atom. The maximum atomic E-state index is 5.58. The van der Waals surface area contributed by atoms with Crippen molar-refractivity contribution in [1.82, 2.24) is 9.97 Å². The van der Waals surface area contributed by atoms with E-state index in [0.717, 1.165) is 0 Å². The fraction of sp³-hybridized carbons (Fsp3) is 0.167. The monoisotopic (exact) mass is 244 g/mol. The normalized spacial score (nSPS) is 10.6. The molecule has 0 saturated carbocycles. The van der Waals surface area contributed by atoms with Crippen molar-refractivity contribution < 1.29 is 0 Å². The Morgan fingerprint density at radius 1 is 1.46 bits per heavy atom. The number of nitrogens with two attached hydrogens (primary N) is 2. The average Bonchev–Trinajstić information content (AvgIpc) is 2.09. The predicted octanol–water partition coefficient (Wildman–Crippen LogP) is 0.737. The lowest BCUT2D eigenvalue weighted by Crippen LogP contribution is -2.03. The molecule has 6 nitrogen and oxygen atoms in total. The molecule has 1 heterocycles. The van der Waals surface area contributed by atoms with Gasteiger partial charge in [0, 0.05) is 7.05 Å². The maximum Gasteiger partial charge on any atom is 0.224 e. The van der Waals surface area contributed by atoms with Crippen molar-refractivity contribution in [3.63, 3.8) is 0 Å². The number of nitrogens with zero attached hydrogens (tertiary/aromatic N) is 3. The fourth-order valence-corrected chi connectivity index (χ4v) is 1.05. The van der Waals surface area contributed by atoms with Gasteiger partial charge < -0.3 is 16.8 Å². The van der Waals surface area contributed by atoms with Gasteiger partial charge in [0.1, 0.15) is 5.69 Å². The molecule has 0 amide bonds. The summed E-state index contributed by atoms with van der Waals surface area (Å²) in [6, 6.07) is 0. The van der Waals surface area contributed by atoms with Crippen molar-refractivity contribution in [3.05, 3.63) is 0 Å². The number of hydrogen-bond acceptors (Lipinski definition) is 6. The van der Waals surface area contributed by atoms with Gasteiger partial charge in [-0.15, -0.1) is 0 Å². The molecule has 0 saturated heterocycles. The van der Waals surface area contributed by atoms with Crippen LogP contribution in [0.25, 0.3) is 0 Å². The van der Waals surface area contributed by atoms with Gasteiger partial charge in [-0.25, -0.2) is 4.99 Å². The number of hydrogen-bond donors (Lipinski definition) is 3. The Hall–Kier alpha value is -1.37. The lowest BCUT2D eigenvalue weighted by atomic mass is 10.4. The molecule has 1 aromatic heterocycles. The molecule has 7 heteroatoms. The first kappa shape index (κ1) is 9.72. The van der Waals surface area contributed by atoms with Crippen LogP contribution in [0.15, 0.2) is 4.99 Å². The second kappa shape index (κ2) is 4.04. The summed E-state index contributed by atoms with van der Waals surface area (Å²) in [5, 5.41) is 4.25. The summed E-state index contributed by atoms with van der Waals surface area (Å²) in [5.41, 5.74) is 11.4. The zero-order chi connectivity index (χ0) is 9.84. The van der Waals surface area contributed by atoms with Crippen molar-refractivity contribution in [2.45, 2.75) is 0 Å². The van der Waals surface area contributed by atoms with Crippen molar-refractivity contribution in [1.29, 1.82) is 0 Å². The summed E-state index contributed by atoms with van der Waals surface area (Å²) in [5.74, 6) is 0.864. The minimum absolute atomic E-state index is 0.121. The summed E-state index contributed by atoms with van der Waals surface area (Å²) < 4.78 is 0. The van der Waals surface area contributed by atoms with Crippen LogP contribution >= 0.6 is 15.9 Å². The summed E-state index contributed by atoms with van der Waals surface area (Å²) in [7, 11) is 1.70. The molecule has 70 valence electrons. The van der Waals surface area contributed by atoms with Gasteiger partial charge in [0.15, 0.2) is 11.6 Å². The second-order valence-electron chi connectivity index (χ2n) is 2.14. The first-order valence-corrected chi connectivity index (χ1v) is 4.34. The van der Waals surface area contributed by atoms with Gasteiger partial charge in [0.2, 0.25) is 5.95 Å². The van der Waals surface area contributed by atoms with E-state index in [-0.39, 0.29) is 11.8 Å². The van der Waals surface area contributed by atoms with Gasteiger partial charge in [-0.1, -0.05) is 0 Å². The third kappa shape index (κ3) is 2.05. The predicted molar refractivity (Wildman–Crippen MR) is 57.5 cm³/mol. The summed E-state index contributed by atoms with van der Waals surface area (Å²) in [6.07, 6.45) is 0. The van der Waals surface area contributed by atoms with Crippen LogP contribution in [0.3, 0.4) is 0 Å². The van der Waals surface area contributed by atoms with E-state index < -0.39 is 0 Å². The smallest absolute Gasteiger partial charge is 0.224 e. The Morgan fingerprint density at radius 2 is 2.15 bits per heavy atom. The fourth-order valence-electron chi connectivity index (χ4n) is 0.841. The number of halogens is 1. The Labute approximate surface area is 83.6 Å². The molecular weight excluding hydrogens is 236 g/mol. The lowest BCUT2D eigenvalue weighted by Gasteiger charge is -2.05. The van der Waals surface area contributed by atoms with Gasteiger partial charge in [-0.05, 0) is 15.9 Å². The Balaban J connectivity index is 3.29. The molecule has 1 rings (SSSR count). The van der Waals surface area contributed by atoms with Crippen LogP contribution in [0.4, 0.5) is 23.3 Å². The molecular formula is C6H9BrN6. The lowest BCUT2D eigenvalue weighted by molar-refractivity contribution is 1.18. The highest BCUT2D eigenvalue weighted by atomic mass is 79.9. The highest BCUT2D eigenvalue weighted by Crippen LogP contribution is 2.28. The molecule has 0 aromatic carbocycles. The highest BCUT2D eigenvalue weighted by molar-refractivity contribution is 9.17. The third-order valence-electron chi connectivity index (χ3n) is 1.34. The summed E-state index contributed by atoms with van der Waals surface area (Å²) in [4.78, 5) is 11.6. The molecule has 0 aliphatic carbocycles. The van der Waals surface area contributed by atoms with E-state index in [9.17, 15) is 0 Å². The van der Waals surface area contributed by atoms with Crippen molar-refractivity contribution in [2.24, 2.45) is 4.99 Å². The third-order valence-corrected chi connectivity index (χ3v) is 1.55. The van der Waals surface area contributed by atoms with Gasteiger partial charge in [-0.3, -0.25) is 0 Å². The summed E-state index contributed by atoms with van der Waals surface area (Å²) >= 11 is 3.04.